The highest BCUT2D eigenvalue weighted by Crippen LogP contribution is 2.32. The molecule has 2 N–H and O–H groups in total. The maximum Gasteiger partial charge on any atom is 0.0328 e. The number of hydrogen-bond donors (Lipinski definition) is 1. The predicted octanol–water partition coefficient (Wildman–Crippen LogP) is 2.22. The van der Waals surface area contributed by atoms with Gasteiger partial charge in [0.15, 0.2) is 0 Å². The summed E-state index contributed by atoms with van der Waals surface area (Å²) in [5, 5.41) is 0. The average Bonchev–Trinajstić information content (AvgIpc) is 2.46. The summed E-state index contributed by atoms with van der Waals surface area (Å²) < 4.78 is 0. The molecule has 1 saturated carbocycles. The summed E-state index contributed by atoms with van der Waals surface area (Å²) in [6.07, 6.45) is 11.4. The molecule has 3 heteroatoms. The van der Waals surface area contributed by atoms with Crippen molar-refractivity contribution in [3.8, 4) is 0 Å². The first-order valence-electron chi connectivity index (χ1n) is 7.07. The topological polar surface area (TPSA) is 42.2 Å². The third-order valence-electron chi connectivity index (χ3n) is 4.43. The first-order valence-corrected chi connectivity index (χ1v) is 7.07. The Morgan fingerprint density at radius 2 is 2.11 bits per heavy atom. The summed E-state index contributed by atoms with van der Waals surface area (Å²) in [5.74, 6) is 0. The van der Waals surface area contributed by atoms with Crippen LogP contribution in [-0.4, -0.2) is 35.6 Å². The third kappa shape index (κ3) is 3.09. The zero-order chi connectivity index (χ0) is 12.8. The first kappa shape index (κ1) is 13.5. The molecule has 1 heterocycles. The van der Waals surface area contributed by atoms with E-state index in [1.54, 1.807) is 0 Å². The van der Waals surface area contributed by atoms with Gasteiger partial charge in [-0.1, -0.05) is 25.3 Å². The largest absolute Gasteiger partial charge is 0.329 e. The van der Waals surface area contributed by atoms with E-state index in [0.29, 0.717) is 0 Å². The van der Waals surface area contributed by atoms with E-state index in [-0.39, 0.29) is 5.54 Å². The molecule has 1 aromatic rings. The Bertz CT molecular complexity index is 344. The number of nitrogens with zero attached hydrogens (tertiary/aromatic N) is 2. The minimum Gasteiger partial charge on any atom is -0.329 e. The fourth-order valence-electron chi connectivity index (χ4n) is 3.03. The molecule has 0 bridgehead atoms. The van der Waals surface area contributed by atoms with Crippen LogP contribution < -0.4 is 5.73 Å². The molecule has 0 radical (unpaired) electrons. The van der Waals surface area contributed by atoms with Gasteiger partial charge in [0.2, 0.25) is 0 Å². The molecule has 1 aromatic heterocycles. The van der Waals surface area contributed by atoms with Crippen LogP contribution >= 0.6 is 0 Å². The molecule has 1 fully saturated rings. The van der Waals surface area contributed by atoms with E-state index in [0.717, 1.165) is 19.5 Å². The van der Waals surface area contributed by atoms with Gasteiger partial charge < -0.3 is 5.73 Å². The van der Waals surface area contributed by atoms with Gasteiger partial charge in [0.25, 0.3) is 0 Å². The second-order valence-electron chi connectivity index (χ2n) is 5.52. The Morgan fingerprint density at radius 3 is 2.72 bits per heavy atom. The third-order valence-corrected chi connectivity index (χ3v) is 4.43. The summed E-state index contributed by atoms with van der Waals surface area (Å²) in [5.41, 5.74) is 7.62. The van der Waals surface area contributed by atoms with Gasteiger partial charge in [0, 0.05) is 31.0 Å². The lowest BCUT2D eigenvalue weighted by molar-refractivity contribution is 0.0838. The number of pyridine rings is 1. The van der Waals surface area contributed by atoms with Crippen molar-refractivity contribution in [3.05, 3.63) is 30.1 Å². The van der Waals surface area contributed by atoms with E-state index in [1.807, 2.05) is 18.5 Å². The number of nitrogens with two attached hydrogens (primary N) is 1. The maximum absolute atomic E-state index is 6.05. The summed E-state index contributed by atoms with van der Waals surface area (Å²) in [6.45, 7) is 1.86. The molecule has 2 rings (SSSR count). The predicted molar refractivity (Wildman–Crippen MR) is 75.4 cm³/mol. The van der Waals surface area contributed by atoms with E-state index in [9.17, 15) is 0 Å². The van der Waals surface area contributed by atoms with E-state index in [4.69, 9.17) is 5.73 Å². The Morgan fingerprint density at radius 1 is 1.33 bits per heavy atom. The molecular formula is C15H25N3. The van der Waals surface area contributed by atoms with Crippen molar-refractivity contribution < 1.29 is 0 Å². The van der Waals surface area contributed by atoms with Crippen LogP contribution in [0.1, 0.15) is 37.7 Å². The van der Waals surface area contributed by atoms with Gasteiger partial charge in [0.05, 0.1) is 0 Å². The fraction of sp³-hybridized carbons (Fsp3) is 0.667. The van der Waals surface area contributed by atoms with Crippen molar-refractivity contribution in [1.29, 1.82) is 0 Å². The van der Waals surface area contributed by atoms with Crippen molar-refractivity contribution in [3.63, 3.8) is 0 Å². The van der Waals surface area contributed by atoms with Crippen molar-refractivity contribution >= 4 is 0 Å². The van der Waals surface area contributed by atoms with Crippen molar-refractivity contribution in [2.75, 3.05) is 20.1 Å². The van der Waals surface area contributed by atoms with Gasteiger partial charge in [-0.3, -0.25) is 9.88 Å². The number of likely N-dealkylation sites (N-methyl/N-ethyl adjacent to an activating group) is 1. The second kappa shape index (κ2) is 6.30. The molecular weight excluding hydrogens is 222 g/mol. The van der Waals surface area contributed by atoms with E-state index >= 15 is 0 Å². The molecule has 1 aliphatic carbocycles. The Hall–Kier alpha value is -0.930. The number of aromatic nitrogens is 1. The molecule has 0 atom stereocenters. The Balaban J connectivity index is 1.91. The molecule has 0 aromatic carbocycles. The smallest absolute Gasteiger partial charge is 0.0328 e. The van der Waals surface area contributed by atoms with Gasteiger partial charge in [0.1, 0.15) is 0 Å². The molecule has 1 aliphatic rings. The van der Waals surface area contributed by atoms with Gasteiger partial charge in [-0.2, -0.15) is 0 Å². The molecule has 18 heavy (non-hydrogen) atoms. The van der Waals surface area contributed by atoms with Crippen LogP contribution in [0.2, 0.25) is 0 Å². The zero-order valence-corrected chi connectivity index (χ0v) is 11.4. The average molecular weight is 247 g/mol. The molecule has 3 nitrogen and oxygen atoms in total. The number of hydrogen-bond acceptors (Lipinski definition) is 3. The number of rotatable bonds is 5. The monoisotopic (exact) mass is 247 g/mol. The Kier molecular flexibility index (Phi) is 4.72. The van der Waals surface area contributed by atoms with E-state index < -0.39 is 0 Å². The van der Waals surface area contributed by atoms with Crippen LogP contribution in [0.15, 0.2) is 24.5 Å². The van der Waals surface area contributed by atoms with Crippen molar-refractivity contribution in [2.45, 2.75) is 44.1 Å². The first-order chi connectivity index (χ1) is 8.77. The normalized spacial score (nSPS) is 19.1. The fourth-order valence-corrected chi connectivity index (χ4v) is 3.03. The summed E-state index contributed by atoms with van der Waals surface area (Å²) in [4.78, 5) is 6.65. The highest BCUT2D eigenvalue weighted by molar-refractivity contribution is 5.09. The van der Waals surface area contributed by atoms with Gasteiger partial charge >= 0.3 is 0 Å². The second-order valence-corrected chi connectivity index (χ2v) is 5.52. The highest BCUT2D eigenvalue weighted by Gasteiger charge is 2.34. The van der Waals surface area contributed by atoms with E-state index in [1.165, 1.54) is 37.7 Å². The van der Waals surface area contributed by atoms with Crippen molar-refractivity contribution in [2.24, 2.45) is 5.73 Å². The van der Waals surface area contributed by atoms with Crippen LogP contribution in [0.25, 0.3) is 0 Å². The SMILES string of the molecule is CN(CCc1cccnc1)C1(CN)CCCCC1. The van der Waals surface area contributed by atoms with Crippen LogP contribution in [-0.2, 0) is 6.42 Å². The van der Waals surface area contributed by atoms with Crippen molar-refractivity contribution in [1.82, 2.24) is 9.88 Å². The summed E-state index contributed by atoms with van der Waals surface area (Å²) in [7, 11) is 2.23. The molecule has 0 unspecified atom stereocenters. The van der Waals surface area contributed by atoms with Gasteiger partial charge in [-0.25, -0.2) is 0 Å². The van der Waals surface area contributed by atoms with Crippen LogP contribution in [0.3, 0.4) is 0 Å². The lowest BCUT2D eigenvalue weighted by atomic mass is 9.80. The minimum absolute atomic E-state index is 0.250. The molecule has 0 spiro atoms. The highest BCUT2D eigenvalue weighted by atomic mass is 15.2. The standard InChI is InChI=1S/C15H25N3/c1-18(11-7-14-6-5-10-17-12-14)15(13-16)8-3-2-4-9-15/h5-6,10,12H,2-4,7-9,11,13,16H2,1H3. The summed E-state index contributed by atoms with van der Waals surface area (Å²) >= 11 is 0. The van der Waals surface area contributed by atoms with Gasteiger partial charge in [-0.05, 0) is 37.9 Å². The summed E-state index contributed by atoms with van der Waals surface area (Å²) in [6, 6.07) is 4.16. The zero-order valence-electron chi connectivity index (χ0n) is 11.4. The molecule has 0 amide bonds. The van der Waals surface area contributed by atoms with Crippen LogP contribution in [0, 0.1) is 0 Å². The lowest BCUT2D eigenvalue weighted by Gasteiger charge is -2.44. The molecule has 0 aliphatic heterocycles. The minimum atomic E-state index is 0.250. The van der Waals surface area contributed by atoms with E-state index in [2.05, 4.69) is 23.0 Å². The maximum atomic E-state index is 6.05. The van der Waals surface area contributed by atoms with Gasteiger partial charge in [-0.15, -0.1) is 0 Å². The van der Waals surface area contributed by atoms with Crippen LogP contribution in [0.4, 0.5) is 0 Å². The molecule has 0 saturated heterocycles. The quantitative estimate of drug-likeness (QED) is 0.867. The van der Waals surface area contributed by atoms with Crippen LogP contribution in [0.5, 0.6) is 0 Å². The molecule has 100 valence electrons. The Labute approximate surface area is 110 Å². The lowest BCUT2D eigenvalue weighted by Crippen LogP contribution is -2.53.